The predicted molar refractivity (Wildman–Crippen MR) is 51.8 cm³/mol. The van der Waals surface area contributed by atoms with Gasteiger partial charge >= 0.3 is 0 Å². The molecule has 0 fully saturated rings. The third-order valence-electron chi connectivity index (χ3n) is 1.71. The van der Waals surface area contributed by atoms with E-state index in [2.05, 4.69) is 15.5 Å². The Morgan fingerprint density at radius 3 is 3.23 bits per heavy atom. The van der Waals surface area contributed by atoms with Gasteiger partial charge in [-0.15, -0.1) is 0 Å². The summed E-state index contributed by atoms with van der Waals surface area (Å²) in [4.78, 5) is 4.32. The van der Waals surface area contributed by atoms with Crippen molar-refractivity contribution in [3.05, 3.63) is 36.3 Å². The van der Waals surface area contributed by atoms with E-state index in [0.29, 0.717) is 0 Å². The van der Waals surface area contributed by atoms with Gasteiger partial charge in [-0.3, -0.25) is 0 Å². The van der Waals surface area contributed by atoms with Crippen molar-refractivity contribution >= 4 is 11.9 Å². The molecular weight excluding hydrogens is 164 g/mol. The van der Waals surface area contributed by atoms with Crippen LogP contribution in [0.25, 0.3) is 5.65 Å². The van der Waals surface area contributed by atoms with Crippen LogP contribution in [-0.2, 0) is 0 Å². The van der Waals surface area contributed by atoms with E-state index in [9.17, 15) is 0 Å². The second kappa shape index (κ2) is 3.26. The lowest BCUT2D eigenvalue weighted by Crippen LogP contribution is -1.94. The maximum atomic E-state index is 4.32. The summed E-state index contributed by atoms with van der Waals surface area (Å²) in [6.45, 7) is 0. The van der Waals surface area contributed by atoms with Gasteiger partial charge < -0.3 is 9.83 Å². The molecule has 0 aliphatic carbocycles. The van der Waals surface area contributed by atoms with E-state index >= 15 is 0 Å². The van der Waals surface area contributed by atoms with Gasteiger partial charge in [-0.05, 0) is 12.1 Å². The topological polar surface area (TPSA) is 41.7 Å². The molecule has 0 aliphatic rings. The SMILES string of the molecule is CN/N=C/c1cn2ccccc2n1. The van der Waals surface area contributed by atoms with Crippen LogP contribution in [-0.4, -0.2) is 22.6 Å². The van der Waals surface area contributed by atoms with Crippen molar-refractivity contribution < 1.29 is 0 Å². The summed E-state index contributed by atoms with van der Waals surface area (Å²) in [6.07, 6.45) is 5.57. The van der Waals surface area contributed by atoms with Gasteiger partial charge in [-0.2, -0.15) is 5.10 Å². The first-order valence-corrected chi connectivity index (χ1v) is 4.04. The first-order valence-electron chi connectivity index (χ1n) is 4.04. The van der Waals surface area contributed by atoms with E-state index in [4.69, 9.17) is 0 Å². The van der Waals surface area contributed by atoms with Gasteiger partial charge in [0.05, 0.1) is 6.21 Å². The summed E-state index contributed by atoms with van der Waals surface area (Å²) >= 11 is 0. The van der Waals surface area contributed by atoms with Crippen molar-refractivity contribution in [2.45, 2.75) is 0 Å². The largest absolute Gasteiger partial charge is 0.313 e. The fourth-order valence-electron chi connectivity index (χ4n) is 1.15. The van der Waals surface area contributed by atoms with E-state index in [1.165, 1.54) is 0 Å². The van der Waals surface area contributed by atoms with Crippen LogP contribution in [0.3, 0.4) is 0 Å². The third kappa shape index (κ3) is 1.51. The molecule has 13 heavy (non-hydrogen) atoms. The number of nitrogens with one attached hydrogen (secondary N) is 1. The van der Waals surface area contributed by atoms with Crippen LogP contribution in [0.5, 0.6) is 0 Å². The minimum atomic E-state index is 0.848. The quantitative estimate of drug-likeness (QED) is 0.542. The fourth-order valence-corrected chi connectivity index (χ4v) is 1.15. The maximum Gasteiger partial charge on any atom is 0.137 e. The molecular formula is C9H10N4. The van der Waals surface area contributed by atoms with E-state index in [1.54, 1.807) is 13.3 Å². The first-order chi connectivity index (χ1) is 6.40. The van der Waals surface area contributed by atoms with E-state index in [0.717, 1.165) is 11.3 Å². The second-order valence-electron chi connectivity index (χ2n) is 2.61. The summed E-state index contributed by atoms with van der Waals surface area (Å²) in [5.74, 6) is 0. The Morgan fingerprint density at radius 2 is 2.46 bits per heavy atom. The standard InChI is InChI=1S/C9H10N4/c1-10-11-6-8-7-13-5-3-2-4-9(13)12-8/h2-7,10H,1H3/b11-6+. The molecule has 0 radical (unpaired) electrons. The molecule has 0 aliphatic heterocycles. The van der Waals surface area contributed by atoms with Crippen molar-refractivity contribution in [1.82, 2.24) is 14.8 Å². The Bertz CT molecular complexity index is 397. The Labute approximate surface area is 75.9 Å². The molecule has 4 heteroatoms. The number of hydrazone groups is 1. The van der Waals surface area contributed by atoms with Crippen LogP contribution in [0, 0.1) is 0 Å². The molecule has 0 unspecified atom stereocenters. The normalized spacial score (nSPS) is 11.2. The van der Waals surface area contributed by atoms with Crippen molar-refractivity contribution in [2.75, 3.05) is 7.05 Å². The average Bonchev–Trinajstić information content (AvgIpc) is 2.57. The molecule has 0 aromatic carbocycles. The molecule has 2 rings (SSSR count). The van der Waals surface area contributed by atoms with Crippen LogP contribution in [0.15, 0.2) is 35.7 Å². The lowest BCUT2D eigenvalue weighted by Gasteiger charge is -1.86. The molecule has 4 nitrogen and oxygen atoms in total. The van der Waals surface area contributed by atoms with Gasteiger partial charge in [0.2, 0.25) is 0 Å². The summed E-state index contributed by atoms with van der Waals surface area (Å²) in [6, 6.07) is 5.88. The first kappa shape index (κ1) is 7.79. The van der Waals surface area contributed by atoms with Crippen molar-refractivity contribution in [2.24, 2.45) is 5.10 Å². The molecule has 66 valence electrons. The summed E-state index contributed by atoms with van der Waals surface area (Å²) < 4.78 is 1.96. The number of fused-ring (bicyclic) bond motifs is 1. The Hall–Kier alpha value is -1.84. The fraction of sp³-hybridized carbons (Fsp3) is 0.111. The van der Waals surface area contributed by atoms with Gasteiger partial charge in [-0.1, -0.05) is 6.07 Å². The molecule has 2 aromatic heterocycles. The maximum absolute atomic E-state index is 4.32. The average molecular weight is 174 g/mol. The van der Waals surface area contributed by atoms with Gasteiger partial charge in [0.1, 0.15) is 11.3 Å². The van der Waals surface area contributed by atoms with Crippen molar-refractivity contribution in [3.8, 4) is 0 Å². The predicted octanol–water partition coefficient (Wildman–Crippen LogP) is 0.888. The number of hydrogen-bond acceptors (Lipinski definition) is 3. The van der Waals surface area contributed by atoms with E-state index in [1.807, 2.05) is 35.0 Å². The lowest BCUT2D eigenvalue weighted by atomic mass is 10.5. The van der Waals surface area contributed by atoms with Crippen LogP contribution in [0.4, 0.5) is 0 Å². The molecule has 0 amide bonds. The number of aromatic nitrogens is 2. The summed E-state index contributed by atoms with van der Waals surface area (Å²) in [5.41, 5.74) is 4.46. The Morgan fingerprint density at radius 1 is 1.54 bits per heavy atom. The smallest absolute Gasteiger partial charge is 0.137 e. The highest BCUT2D eigenvalue weighted by atomic mass is 15.3. The summed E-state index contributed by atoms with van der Waals surface area (Å²) in [7, 11) is 1.76. The molecule has 2 heterocycles. The molecule has 0 atom stereocenters. The number of pyridine rings is 1. The summed E-state index contributed by atoms with van der Waals surface area (Å²) in [5, 5.41) is 3.89. The van der Waals surface area contributed by atoms with Crippen LogP contribution < -0.4 is 5.43 Å². The highest BCUT2D eigenvalue weighted by molar-refractivity contribution is 5.77. The second-order valence-corrected chi connectivity index (χ2v) is 2.61. The number of hydrogen-bond donors (Lipinski definition) is 1. The zero-order chi connectivity index (χ0) is 9.10. The molecule has 2 aromatic rings. The van der Waals surface area contributed by atoms with Crippen LogP contribution in [0.2, 0.25) is 0 Å². The molecule has 0 saturated carbocycles. The zero-order valence-corrected chi connectivity index (χ0v) is 7.31. The number of rotatable bonds is 2. The molecule has 0 bridgehead atoms. The van der Waals surface area contributed by atoms with Crippen molar-refractivity contribution in [3.63, 3.8) is 0 Å². The zero-order valence-electron chi connectivity index (χ0n) is 7.31. The molecule has 0 spiro atoms. The highest BCUT2D eigenvalue weighted by Gasteiger charge is 1.95. The van der Waals surface area contributed by atoms with Crippen molar-refractivity contribution in [1.29, 1.82) is 0 Å². The van der Waals surface area contributed by atoms with E-state index < -0.39 is 0 Å². The molecule has 1 N–H and O–H groups in total. The van der Waals surface area contributed by atoms with Crippen LogP contribution >= 0.6 is 0 Å². The number of nitrogens with zero attached hydrogens (tertiary/aromatic N) is 3. The monoisotopic (exact) mass is 174 g/mol. The van der Waals surface area contributed by atoms with E-state index in [-0.39, 0.29) is 0 Å². The Balaban J connectivity index is 2.44. The lowest BCUT2D eigenvalue weighted by molar-refractivity contribution is 0.907. The minimum absolute atomic E-state index is 0.848. The molecule has 0 saturated heterocycles. The minimum Gasteiger partial charge on any atom is -0.313 e. The van der Waals surface area contributed by atoms with Gasteiger partial charge in [0.15, 0.2) is 0 Å². The Kier molecular flexibility index (Phi) is 1.96. The number of imidazole rings is 1. The third-order valence-corrected chi connectivity index (χ3v) is 1.71. The highest BCUT2D eigenvalue weighted by Crippen LogP contribution is 2.01. The van der Waals surface area contributed by atoms with Gasteiger partial charge in [0, 0.05) is 19.4 Å². The van der Waals surface area contributed by atoms with Crippen LogP contribution in [0.1, 0.15) is 5.69 Å². The van der Waals surface area contributed by atoms with Gasteiger partial charge in [-0.25, -0.2) is 4.98 Å². The van der Waals surface area contributed by atoms with Gasteiger partial charge in [0.25, 0.3) is 0 Å².